The molecule has 136 valence electrons. The molecule has 1 N–H and O–H groups in total. The van der Waals surface area contributed by atoms with Gasteiger partial charge in [0.1, 0.15) is 23.9 Å². The van der Waals surface area contributed by atoms with Gasteiger partial charge in [0, 0.05) is 17.5 Å². The Morgan fingerprint density at radius 2 is 1.89 bits per heavy atom. The summed E-state index contributed by atoms with van der Waals surface area (Å²) >= 11 is 0. The molecular weight excluding hydrogens is 340 g/mol. The van der Waals surface area contributed by atoms with Crippen LogP contribution in [0.2, 0.25) is 0 Å². The molecule has 3 aromatic carbocycles. The van der Waals surface area contributed by atoms with E-state index in [0.717, 1.165) is 22.4 Å². The van der Waals surface area contributed by atoms with Crippen LogP contribution in [0.3, 0.4) is 0 Å². The Morgan fingerprint density at radius 3 is 2.70 bits per heavy atom. The van der Waals surface area contributed by atoms with E-state index in [2.05, 4.69) is 31.2 Å². The zero-order valence-electron chi connectivity index (χ0n) is 15.0. The number of carbonyl (C=O) groups excluding carboxylic acids is 1. The molecule has 1 atom stereocenters. The highest BCUT2D eigenvalue weighted by molar-refractivity contribution is 5.78. The highest BCUT2D eigenvalue weighted by Gasteiger charge is 2.28. The molecule has 4 nitrogen and oxygen atoms in total. The molecule has 0 saturated heterocycles. The summed E-state index contributed by atoms with van der Waals surface area (Å²) in [5.41, 5.74) is 4.20. The predicted octanol–water partition coefficient (Wildman–Crippen LogP) is 4.72. The lowest BCUT2D eigenvalue weighted by molar-refractivity contribution is -0.135. The SMILES string of the molecule is Cc1ccc(COc2cccc(C3CC(=O)Oc4cc(O)ccc43)c2)cc1. The summed E-state index contributed by atoms with van der Waals surface area (Å²) in [6.07, 6.45) is 0.263. The third-order valence-corrected chi connectivity index (χ3v) is 4.75. The van der Waals surface area contributed by atoms with E-state index in [4.69, 9.17) is 9.47 Å². The van der Waals surface area contributed by atoms with Crippen molar-refractivity contribution in [3.05, 3.63) is 89.0 Å². The van der Waals surface area contributed by atoms with Crippen molar-refractivity contribution in [3.8, 4) is 17.2 Å². The zero-order valence-corrected chi connectivity index (χ0v) is 15.0. The lowest BCUT2D eigenvalue weighted by atomic mass is 9.86. The zero-order chi connectivity index (χ0) is 18.8. The lowest BCUT2D eigenvalue weighted by Gasteiger charge is -2.25. The van der Waals surface area contributed by atoms with E-state index in [9.17, 15) is 9.90 Å². The first-order valence-electron chi connectivity index (χ1n) is 8.90. The van der Waals surface area contributed by atoms with E-state index in [1.807, 2.05) is 30.3 Å². The average molecular weight is 360 g/mol. The summed E-state index contributed by atoms with van der Waals surface area (Å²) in [7, 11) is 0. The fourth-order valence-corrected chi connectivity index (χ4v) is 3.31. The minimum absolute atomic E-state index is 0.0809. The molecule has 0 aromatic heterocycles. The molecule has 27 heavy (non-hydrogen) atoms. The second kappa shape index (κ2) is 7.16. The normalized spacial score (nSPS) is 15.7. The van der Waals surface area contributed by atoms with E-state index in [0.29, 0.717) is 12.4 Å². The van der Waals surface area contributed by atoms with Crippen LogP contribution in [0.5, 0.6) is 17.2 Å². The number of fused-ring (bicyclic) bond motifs is 1. The van der Waals surface area contributed by atoms with Gasteiger partial charge in [-0.25, -0.2) is 0 Å². The molecule has 0 radical (unpaired) electrons. The predicted molar refractivity (Wildman–Crippen MR) is 102 cm³/mol. The highest BCUT2D eigenvalue weighted by atomic mass is 16.5. The van der Waals surface area contributed by atoms with Gasteiger partial charge in [0.15, 0.2) is 0 Å². The van der Waals surface area contributed by atoms with Crippen molar-refractivity contribution in [2.45, 2.75) is 25.9 Å². The van der Waals surface area contributed by atoms with Gasteiger partial charge in [0.25, 0.3) is 0 Å². The Bertz CT molecular complexity index is 976. The van der Waals surface area contributed by atoms with Crippen LogP contribution in [-0.4, -0.2) is 11.1 Å². The molecule has 0 saturated carbocycles. The number of ether oxygens (including phenoxy) is 2. The number of aromatic hydroxyl groups is 1. The van der Waals surface area contributed by atoms with Gasteiger partial charge in [-0.15, -0.1) is 0 Å². The van der Waals surface area contributed by atoms with Crippen molar-refractivity contribution in [3.63, 3.8) is 0 Å². The van der Waals surface area contributed by atoms with E-state index in [1.54, 1.807) is 6.07 Å². The van der Waals surface area contributed by atoms with Crippen LogP contribution in [-0.2, 0) is 11.4 Å². The molecule has 0 spiro atoms. The van der Waals surface area contributed by atoms with Crippen LogP contribution >= 0.6 is 0 Å². The Labute approximate surface area is 158 Å². The van der Waals surface area contributed by atoms with Gasteiger partial charge >= 0.3 is 5.97 Å². The van der Waals surface area contributed by atoms with E-state index < -0.39 is 0 Å². The average Bonchev–Trinajstić information content (AvgIpc) is 2.67. The van der Waals surface area contributed by atoms with Crippen LogP contribution in [0.1, 0.15) is 34.6 Å². The molecule has 1 heterocycles. The van der Waals surface area contributed by atoms with Crippen molar-refractivity contribution in [2.24, 2.45) is 0 Å². The first-order chi connectivity index (χ1) is 13.1. The van der Waals surface area contributed by atoms with Gasteiger partial charge in [0.05, 0.1) is 6.42 Å². The Kier molecular flexibility index (Phi) is 4.55. The molecule has 0 fully saturated rings. The van der Waals surface area contributed by atoms with Crippen LogP contribution in [0, 0.1) is 6.92 Å². The minimum atomic E-state index is -0.302. The number of phenols is 1. The fraction of sp³-hybridized carbons (Fsp3) is 0.174. The second-order valence-electron chi connectivity index (χ2n) is 6.80. The van der Waals surface area contributed by atoms with Crippen molar-refractivity contribution in [1.29, 1.82) is 0 Å². The summed E-state index contributed by atoms with van der Waals surface area (Å²) < 4.78 is 11.2. The minimum Gasteiger partial charge on any atom is -0.508 e. The van der Waals surface area contributed by atoms with Crippen molar-refractivity contribution >= 4 is 5.97 Å². The molecule has 0 aliphatic carbocycles. The van der Waals surface area contributed by atoms with Crippen LogP contribution < -0.4 is 9.47 Å². The largest absolute Gasteiger partial charge is 0.508 e. The van der Waals surface area contributed by atoms with Crippen molar-refractivity contribution in [1.82, 2.24) is 0 Å². The van der Waals surface area contributed by atoms with E-state index in [-0.39, 0.29) is 24.1 Å². The summed E-state index contributed by atoms with van der Waals surface area (Å²) in [5.74, 6) is 0.834. The van der Waals surface area contributed by atoms with Crippen LogP contribution in [0.25, 0.3) is 0 Å². The monoisotopic (exact) mass is 360 g/mol. The molecule has 4 heteroatoms. The summed E-state index contributed by atoms with van der Waals surface area (Å²) in [4.78, 5) is 12.0. The van der Waals surface area contributed by atoms with Gasteiger partial charge in [0.2, 0.25) is 0 Å². The number of hydrogen-bond acceptors (Lipinski definition) is 4. The summed E-state index contributed by atoms with van der Waals surface area (Å²) in [5, 5.41) is 9.66. The fourth-order valence-electron chi connectivity index (χ4n) is 3.31. The summed E-state index contributed by atoms with van der Waals surface area (Å²) in [6.45, 7) is 2.54. The van der Waals surface area contributed by atoms with E-state index >= 15 is 0 Å². The summed E-state index contributed by atoms with van der Waals surface area (Å²) in [6, 6.07) is 20.9. The Morgan fingerprint density at radius 1 is 1.07 bits per heavy atom. The molecule has 1 aliphatic heterocycles. The molecule has 3 aromatic rings. The molecule has 1 unspecified atom stereocenters. The molecule has 1 aliphatic rings. The smallest absolute Gasteiger partial charge is 0.312 e. The topological polar surface area (TPSA) is 55.8 Å². The quantitative estimate of drug-likeness (QED) is 0.540. The maximum Gasteiger partial charge on any atom is 0.312 e. The van der Waals surface area contributed by atoms with Gasteiger partial charge in [-0.2, -0.15) is 0 Å². The number of carbonyl (C=O) groups is 1. The van der Waals surface area contributed by atoms with Gasteiger partial charge in [-0.3, -0.25) is 4.79 Å². The Hall–Kier alpha value is -3.27. The van der Waals surface area contributed by atoms with Gasteiger partial charge < -0.3 is 14.6 Å². The molecule has 4 rings (SSSR count). The van der Waals surface area contributed by atoms with Gasteiger partial charge in [-0.1, -0.05) is 48.0 Å². The van der Waals surface area contributed by atoms with Crippen LogP contribution in [0.15, 0.2) is 66.7 Å². The first-order valence-corrected chi connectivity index (χ1v) is 8.90. The van der Waals surface area contributed by atoms with Crippen molar-refractivity contribution in [2.75, 3.05) is 0 Å². The molecule has 0 bridgehead atoms. The Balaban J connectivity index is 1.57. The number of esters is 1. The molecular formula is C23H20O4. The van der Waals surface area contributed by atoms with Crippen molar-refractivity contribution < 1.29 is 19.4 Å². The number of aryl methyl sites for hydroxylation is 1. The number of phenolic OH excluding ortho intramolecular Hbond substituents is 1. The number of hydrogen-bond donors (Lipinski definition) is 1. The highest BCUT2D eigenvalue weighted by Crippen LogP contribution is 2.40. The standard InChI is InChI=1S/C23H20O4/c1-15-5-7-16(8-6-15)14-26-19-4-2-3-17(11-19)21-13-23(25)27-22-12-18(24)9-10-20(21)22/h2-12,21,24H,13-14H2,1H3. The maximum absolute atomic E-state index is 12.0. The second-order valence-corrected chi connectivity index (χ2v) is 6.80. The maximum atomic E-state index is 12.0. The third kappa shape index (κ3) is 3.80. The van der Waals surface area contributed by atoms with E-state index in [1.165, 1.54) is 11.6 Å². The number of rotatable bonds is 4. The molecule has 0 amide bonds. The lowest BCUT2D eigenvalue weighted by Crippen LogP contribution is -2.20. The van der Waals surface area contributed by atoms with Gasteiger partial charge in [-0.05, 0) is 36.2 Å². The first kappa shape index (κ1) is 17.2. The number of benzene rings is 3. The van der Waals surface area contributed by atoms with Crippen LogP contribution in [0.4, 0.5) is 0 Å². The third-order valence-electron chi connectivity index (χ3n) is 4.75.